The molecule has 0 atom stereocenters. The third-order valence-corrected chi connectivity index (χ3v) is 5.11. The van der Waals surface area contributed by atoms with Crippen LogP contribution in [0, 0.1) is 5.92 Å². The van der Waals surface area contributed by atoms with Gasteiger partial charge in [0.15, 0.2) is 0 Å². The largest absolute Gasteiger partial charge is 0.497 e. The Kier molecular flexibility index (Phi) is 8.89. The van der Waals surface area contributed by atoms with E-state index < -0.39 is 17.6 Å². The SMILES string of the molecule is COc1ccc(CN(C(=O)OC(C)(C)C)/C(N)=C/C(=C\N)CNC(=O)CC2CC(F)(F)C2)cc1. The molecule has 1 aromatic carbocycles. The minimum absolute atomic E-state index is 0.0220. The Morgan fingerprint density at radius 2 is 1.85 bits per heavy atom. The van der Waals surface area contributed by atoms with E-state index in [1.165, 1.54) is 17.2 Å². The highest BCUT2D eigenvalue weighted by Gasteiger charge is 2.45. The zero-order valence-corrected chi connectivity index (χ0v) is 20.1. The number of halogens is 2. The summed E-state index contributed by atoms with van der Waals surface area (Å²) in [6.07, 6.45) is 1.54. The van der Waals surface area contributed by atoms with Crippen molar-refractivity contribution in [3.63, 3.8) is 0 Å². The fourth-order valence-corrected chi connectivity index (χ4v) is 3.38. The Balaban J connectivity index is 2.08. The van der Waals surface area contributed by atoms with E-state index in [4.69, 9.17) is 20.9 Å². The normalized spacial score (nSPS) is 16.4. The van der Waals surface area contributed by atoms with Crippen LogP contribution < -0.4 is 21.5 Å². The monoisotopic (exact) mass is 480 g/mol. The van der Waals surface area contributed by atoms with Gasteiger partial charge in [-0.15, -0.1) is 0 Å². The highest BCUT2D eigenvalue weighted by atomic mass is 19.3. The number of benzene rings is 1. The average Bonchev–Trinajstić information content (AvgIpc) is 2.72. The lowest BCUT2D eigenvalue weighted by molar-refractivity contribution is -0.133. The van der Waals surface area contributed by atoms with Crippen LogP contribution >= 0.6 is 0 Å². The number of alkyl halides is 2. The quantitative estimate of drug-likeness (QED) is 0.465. The molecule has 34 heavy (non-hydrogen) atoms. The van der Waals surface area contributed by atoms with E-state index in [2.05, 4.69) is 5.32 Å². The van der Waals surface area contributed by atoms with Crippen LogP contribution in [-0.4, -0.2) is 42.1 Å². The van der Waals surface area contributed by atoms with Gasteiger partial charge in [-0.3, -0.25) is 9.69 Å². The van der Waals surface area contributed by atoms with Gasteiger partial charge in [-0.2, -0.15) is 0 Å². The Morgan fingerprint density at radius 3 is 2.35 bits per heavy atom. The Labute approximate surface area is 198 Å². The van der Waals surface area contributed by atoms with Crippen LogP contribution in [0.4, 0.5) is 13.6 Å². The summed E-state index contributed by atoms with van der Waals surface area (Å²) in [5.41, 5.74) is 12.4. The average molecular weight is 481 g/mol. The van der Waals surface area contributed by atoms with E-state index in [9.17, 15) is 18.4 Å². The Bertz CT molecular complexity index is 916. The molecule has 1 saturated carbocycles. The number of ether oxygens (including phenoxy) is 2. The molecule has 2 amide bonds. The summed E-state index contributed by atoms with van der Waals surface area (Å²) in [6.45, 7) is 5.39. The van der Waals surface area contributed by atoms with Crippen molar-refractivity contribution in [3.8, 4) is 5.75 Å². The highest BCUT2D eigenvalue weighted by Crippen LogP contribution is 2.43. The summed E-state index contributed by atoms with van der Waals surface area (Å²) >= 11 is 0. The molecule has 1 aliphatic carbocycles. The van der Waals surface area contributed by atoms with Crippen molar-refractivity contribution in [1.82, 2.24) is 10.2 Å². The minimum atomic E-state index is -2.67. The van der Waals surface area contributed by atoms with Gasteiger partial charge in [0, 0.05) is 25.8 Å². The minimum Gasteiger partial charge on any atom is -0.497 e. The zero-order valence-electron chi connectivity index (χ0n) is 20.1. The maximum Gasteiger partial charge on any atom is 0.416 e. The molecule has 1 fully saturated rings. The van der Waals surface area contributed by atoms with Gasteiger partial charge in [0.25, 0.3) is 0 Å². The molecule has 0 aromatic heterocycles. The standard InChI is InChI=1S/C24H34F2N4O4/c1-23(2,3)34-22(32)30(15-16-5-7-19(33-4)8-6-16)20(28)9-18(13-27)14-29-21(31)10-17-11-24(25,26)12-17/h5-9,13,17H,10-12,14-15,27-28H2,1-4H3,(H,29,31)/b18-13+,20-9+. The zero-order chi connectivity index (χ0) is 25.5. The summed E-state index contributed by atoms with van der Waals surface area (Å²) < 4.78 is 36.6. The fourth-order valence-electron chi connectivity index (χ4n) is 3.38. The van der Waals surface area contributed by atoms with E-state index in [-0.39, 0.29) is 50.0 Å². The number of hydrogen-bond acceptors (Lipinski definition) is 6. The lowest BCUT2D eigenvalue weighted by atomic mass is 9.79. The van der Waals surface area contributed by atoms with Crippen LogP contribution in [-0.2, 0) is 16.1 Å². The van der Waals surface area contributed by atoms with Gasteiger partial charge in [0.1, 0.15) is 17.2 Å². The van der Waals surface area contributed by atoms with Crippen LogP contribution in [0.5, 0.6) is 5.75 Å². The smallest absolute Gasteiger partial charge is 0.416 e. The molecule has 2 rings (SSSR count). The number of nitrogens with two attached hydrogens (primary N) is 2. The number of amides is 2. The maximum absolute atomic E-state index is 13.0. The molecule has 8 nitrogen and oxygen atoms in total. The first kappa shape index (κ1) is 26.9. The first-order chi connectivity index (χ1) is 15.8. The Hall–Kier alpha value is -3.30. The van der Waals surface area contributed by atoms with Crippen molar-refractivity contribution >= 4 is 12.0 Å². The van der Waals surface area contributed by atoms with Gasteiger partial charge < -0.3 is 26.3 Å². The van der Waals surface area contributed by atoms with E-state index in [0.717, 1.165) is 5.56 Å². The third kappa shape index (κ3) is 8.57. The van der Waals surface area contributed by atoms with E-state index in [0.29, 0.717) is 11.3 Å². The first-order valence-corrected chi connectivity index (χ1v) is 11.0. The molecule has 0 spiro atoms. The predicted octanol–water partition coefficient (Wildman–Crippen LogP) is 3.63. The molecule has 0 bridgehead atoms. The van der Waals surface area contributed by atoms with Gasteiger partial charge in [0.05, 0.1) is 13.7 Å². The number of carbonyl (C=O) groups is 2. The Morgan fingerprint density at radius 1 is 1.24 bits per heavy atom. The molecular formula is C24H34F2N4O4. The number of nitrogens with one attached hydrogen (secondary N) is 1. The molecule has 10 heteroatoms. The van der Waals surface area contributed by atoms with Gasteiger partial charge in [-0.25, -0.2) is 13.6 Å². The van der Waals surface area contributed by atoms with Crippen LogP contribution in [0.2, 0.25) is 0 Å². The summed E-state index contributed by atoms with van der Waals surface area (Å²) in [7, 11) is 1.56. The van der Waals surface area contributed by atoms with Crippen LogP contribution in [0.25, 0.3) is 0 Å². The maximum atomic E-state index is 13.0. The molecule has 1 aliphatic rings. The van der Waals surface area contributed by atoms with Crippen molar-refractivity contribution < 1.29 is 27.8 Å². The molecule has 5 N–H and O–H groups in total. The predicted molar refractivity (Wildman–Crippen MR) is 125 cm³/mol. The molecule has 0 aliphatic heterocycles. The van der Waals surface area contributed by atoms with Crippen LogP contribution in [0.1, 0.15) is 45.6 Å². The summed E-state index contributed by atoms with van der Waals surface area (Å²) in [5, 5.41) is 2.65. The van der Waals surface area contributed by atoms with Gasteiger partial charge >= 0.3 is 6.09 Å². The third-order valence-electron chi connectivity index (χ3n) is 5.11. The van der Waals surface area contributed by atoms with Crippen molar-refractivity contribution in [2.45, 2.75) is 58.1 Å². The van der Waals surface area contributed by atoms with E-state index in [1.807, 2.05) is 0 Å². The second-order valence-electron chi connectivity index (χ2n) is 9.34. The first-order valence-electron chi connectivity index (χ1n) is 11.0. The summed E-state index contributed by atoms with van der Waals surface area (Å²) in [5.74, 6) is -2.61. The molecule has 0 unspecified atom stereocenters. The molecule has 1 aromatic rings. The molecule has 0 saturated heterocycles. The fraction of sp³-hybridized carbons (Fsp3) is 0.500. The van der Waals surface area contributed by atoms with E-state index in [1.54, 1.807) is 52.1 Å². The van der Waals surface area contributed by atoms with Crippen LogP contribution in [0.3, 0.4) is 0 Å². The van der Waals surface area contributed by atoms with Crippen molar-refractivity contribution in [2.75, 3.05) is 13.7 Å². The van der Waals surface area contributed by atoms with E-state index >= 15 is 0 Å². The van der Waals surface area contributed by atoms with Gasteiger partial charge in [0.2, 0.25) is 11.8 Å². The molecule has 0 radical (unpaired) electrons. The topological polar surface area (TPSA) is 120 Å². The molecule has 0 heterocycles. The lowest BCUT2D eigenvalue weighted by Crippen LogP contribution is -2.39. The number of nitrogens with zero attached hydrogens (tertiary/aromatic N) is 1. The highest BCUT2D eigenvalue weighted by molar-refractivity contribution is 5.76. The number of rotatable bonds is 9. The number of hydrogen-bond donors (Lipinski definition) is 3. The second kappa shape index (κ2) is 11.2. The summed E-state index contributed by atoms with van der Waals surface area (Å²) in [4.78, 5) is 26.2. The number of carbonyl (C=O) groups excluding carboxylic acids is 2. The van der Waals surface area contributed by atoms with Crippen molar-refractivity contribution in [3.05, 3.63) is 53.5 Å². The second-order valence-corrected chi connectivity index (χ2v) is 9.34. The molecular weight excluding hydrogens is 446 g/mol. The number of methoxy groups -OCH3 is 1. The summed E-state index contributed by atoms with van der Waals surface area (Å²) in [6, 6.07) is 7.13. The molecule has 188 valence electrons. The van der Waals surface area contributed by atoms with Gasteiger partial charge in [-0.1, -0.05) is 12.1 Å². The van der Waals surface area contributed by atoms with Crippen molar-refractivity contribution in [2.24, 2.45) is 17.4 Å². The van der Waals surface area contributed by atoms with Crippen molar-refractivity contribution in [1.29, 1.82) is 0 Å². The van der Waals surface area contributed by atoms with Gasteiger partial charge in [-0.05, 0) is 62.2 Å². The lowest BCUT2D eigenvalue weighted by Gasteiger charge is -2.34. The van der Waals surface area contributed by atoms with Crippen LogP contribution in [0.15, 0.2) is 47.9 Å².